The van der Waals surface area contributed by atoms with Crippen molar-refractivity contribution in [3.63, 3.8) is 0 Å². The predicted molar refractivity (Wildman–Crippen MR) is 55.9 cm³/mol. The van der Waals surface area contributed by atoms with E-state index in [9.17, 15) is 0 Å². The smallest absolute Gasteiger partial charge is 0.181 e. The molecule has 0 radical (unpaired) electrons. The Hall–Kier alpha value is -1.55. The first-order valence-electron chi connectivity index (χ1n) is 5.12. The summed E-state index contributed by atoms with van der Waals surface area (Å²) >= 11 is 0. The quantitative estimate of drug-likeness (QED) is 0.806. The Morgan fingerprint density at radius 3 is 3.33 bits per heavy atom. The minimum absolute atomic E-state index is 0.283. The van der Waals surface area contributed by atoms with Crippen LogP contribution in [0.3, 0.4) is 0 Å². The molecule has 2 heterocycles. The lowest BCUT2D eigenvalue weighted by atomic mass is 10.3. The Morgan fingerprint density at radius 1 is 1.47 bits per heavy atom. The number of oxazole rings is 1. The van der Waals surface area contributed by atoms with Crippen LogP contribution in [0, 0.1) is 0 Å². The summed E-state index contributed by atoms with van der Waals surface area (Å²) in [5.74, 6) is 0.855. The molecule has 1 aliphatic heterocycles. The highest BCUT2D eigenvalue weighted by Gasteiger charge is 2.16. The number of fused-ring (bicyclic) bond motifs is 1. The number of ether oxygens (including phenoxy) is 1. The van der Waals surface area contributed by atoms with Crippen LogP contribution in [0.25, 0.3) is 11.1 Å². The molecule has 0 bridgehead atoms. The van der Waals surface area contributed by atoms with E-state index in [0.717, 1.165) is 36.4 Å². The van der Waals surface area contributed by atoms with Crippen LogP contribution < -0.4 is 10.1 Å². The fraction of sp³-hybridized carbons (Fsp3) is 0.364. The van der Waals surface area contributed by atoms with E-state index < -0.39 is 0 Å². The van der Waals surface area contributed by atoms with E-state index in [4.69, 9.17) is 9.15 Å². The summed E-state index contributed by atoms with van der Waals surface area (Å²) in [6, 6.07) is 5.74. The van der Waals surface area contributed by atoms with Crippen molar-refractivity contribution in [2.45, 2.75) is 12.5 Å². The first kappa shape index (κ1) is 8.73. The van der Waals surface area contributed by atoms with E-state index in [-0.39, 0.29) is 6.10 Å². The number of aromatic nitrogens is 1. The Kier molecular flexibility index (Phi) is 2.07. The number of hydrogen-bond acceptors (Lipinski definition) is 4. The fourth-order valence-electron chi connectivity index (χ4n) is 1.83. The minimum atomic E-state index is 0.283. The van der Waals surface area contributed by atoms with E-state index in [1.54, 1.807) is 0 Å². The van der Waals surface area contributed by atoms with Crippen molar-refractivity contribution in [2.75, 3.05) is 13.1 Å². The van der Waals surface area contributed by atoms with Crippen LogP contribution in [0.1, 0.15) is 6.42 Å². The van der Waals surface area contributed by atoms with E-state index >= 15 is 0 Å². The lowest BCUT2D eigenvalue weighted by Gasteiger charge is -2.11. The maximum absolute atomic E-state index is 5.80. The zero-order valence-corrected chi connectivity index (χ0v) is 8.27. The molecule has 1 fully saturated rings. The molecule has 15 heavy (non-hydrogen) atoms. The van der Waals surface area contributed by atoms with Crippen LogP contribution in [0.5, 0.6) is 5.75 Å². The lowest BCUT2D eigenvalue weighted by molar-refractivity contribution is 0.223. The number of nitrogens with zero attached hydrogens (tertiary/aromatic N) is 1. The van der Waals surface area contributed by atoms with Gasteiger partial charge in [-0.3, -0.25) is 0 Å². The zero-order chi connectivity index (χ0) is 10.1. The third-order valence-electron chi connectivity index (χ3n) is 2.62. The summed E-state index contributed by atoms with van der Waals surface area (Å²) in [6.45, 7) is 1.96. The van der Waals surface area contributed by atoms with Crippen molar-refractivity contribution in [1.82, 2.24) is 10.3 Å². The van der Waals surface area contributed by atoms with Gasteiger partial charge in [0, 0.05) is 12.6 Å². The van der Waals surface area contributed by atoms with E-state index in [1.807, 2.05) is 18.2 Å². The Balaban J connectivity index is 1.84. The molecule has 1 aromatic heterocycles. The Bertz CT molecular complexity index is 460. The van der Waals surface area contributed by atoms with Gasteiger partial charge in [-0.2, -0.15) is 0 Å². The molecule has 4 nitrogen and oxygen atoms in total. The second kappa shape index (κ2) is 3.55. The van der Waals surface area contributed by atoms with Gasteiger partial charge in [0.15, 0.2) is 12.0 Å². The normalized spacial score (nSPS) is 20.9. The maximum atomic E-state index is 5.80. The van der Waals surface area contributed by atoms with Gasteiger partial charge in [0.25, 0.3) is 0 Å². The van der Waals surface area contributed by atoms with Gasteiger partial charge >= 0.3 is 0 Å². The van der Waals surface area contributed by atoms with Gasteiger partial charge in [0.05, 0.1) is 0 Å². The number of nitrogens with one attached hydrogen (secondary N) is 1. The van der Waals surface area contributed by atoms with Crippen LogP contribution in [0.2, 0.25) is 0 Å². The number of hydrogen-bond donors (Lipinski definition) is 1. The standard InChI is InChI=1S/C11H12N2O2/c1-2-10-11(14-7-13-10)5-8(1)15-9-3-4-12-6-9/h1-2,5,7,9,12H,3-4,6H2. The average molecular weight is 204 g/mol. The zero-order valence-electron chi connectivity index (χ0n) is 8.27. The minimum Gasteiger partial charge on any atom is -0.489 e. The SMILES string of the molecule is c1nc2ccc(OC3CCNC3)cc2o1. The molecule has 0 saturated carbocycles. The van der Waals surface area contributed by atoms with Gasteiger partial charge in [-0.05, 0) is 25.1 Å². The van der Waals surface area contributed by atoms with Gasteiger partial charge < -0.3 is 14.5 Å². The second-order valence-electron chi connectivity index (χ2n) is 3.71. The van der Waals surface area contributed by atoms with Gasteiger partial charge in [0.2, 0.25) is 0 Å². The highest BCUT2D eigenvalue weighted by Crippen LogP contribution is 2.21. The van der Waals surface area contributed by atoms with Crippen LogP contribution in [0.4, 0.5) is 0 Å². The third kappa shape index (κ3) is 1.68. The van der Waals surface area contributed by atoms with Gasteiger partial charge in [0.1, 0.15) is 17.4 Å². The predicted octanol–water partition coefficient (Wildman–Crippen LogP) is 1.57. The first-order valence-corrected chi connectivity index (χ1v) is 5.12. The average Bonchev–Trinajstić information content (AvgIpc) is 2.87. The molecule has 1 unspecified atom stereocenters. The molecule has 3 rings (SSSR count). The number of benzene rings is 1. The Morgan fingerprint density at radius 2 is 2.47 bits per heavy atom. The molecular weight excluding hydrogens is 192 g/mol. The van der Waals surface area contributed by atoms with E-state index in [1.165, 1.54) is 6.39 Å². The largest absolute Gasteiger partial charge is 0.489 e. The third-order valence-corrected chi connectivity index (χ3v) is 2.62. The lowest BCUT2D eigenvalue weighted by Crippen LogP contribution is -2.19. The summed E-state index contributed by atoms with van der Waals surface area (Å²) in [5.41, 5.74) is 1.64. The van der Waals surface area contributed by atoms with Crippen molar-refractivity contribution >= 4 is 11.1 Å². The van der Waals surface area contributed by atoms with Crippen molar-refractivity contribution in [1.29, 1.82) is 0 Å². The van der Waals surface area contributed by atoms with Crippen molar-refractivity contribution in [3.05, 3.63) is 24.6 Å². The van der Waals surface area contributed by atoms with Crippen molar-refractivity contribution in [3.8, 4) is 5.75 Å². The monoisotopic (exact) mass is 204 g/mol. The molecule has 0 amide bonds. The van der Waals surface area contributed by atoms with Crippen LogP contribution >= 0.6 is 0 Å². The topological polar surface area (TPSA) is 47.3 Å². The molecule has 1 aliphatic rings. The molecule has 1 aromatic carbocycles. The van der Waals surface area contributed by atoms with Crippen LogP contribution in [-0.4, -0.2) is 24.2 Å². The molecule has 1 saturated heterocycles. The number of rotatable bonds is 2. The Labute approximate surface area is 87.2 Å². The molecule has 0 spiro atoms. The maximum Gasteiger partial charge on any atom is 0.181 e. The first-order chi connectivity index (χ1) is 7.42. The van der Waals surface area contributed by atoms with Crippen LogP contribution in [0.15, 0.2) is 29.0 Å². The van der Waals surface area contributed by atoms with Gasteiger partial charge in [-0.1, -0.05) is 0 Å². The summed E-state index contributed by atoms with van der Waals surface area (Å²) in [6.07, 6.45) is 2.80. The summed E-state index contributed by atoms with van der Waals surface area (Å²) < 4.78 is 11.0. The molecule has 78 valence electrons. The van der Waals surface area contributed by atoms with Crippen molar-refractivity contribution in [2.24, 2.45) is 0 Å². The molecule has 2 aromatic rings. The molecule has 4 heteroatoms. The van der Waals surface area contributed by atoms with E-state index in [2.05, 4.69) is 10.3 Å². The molecule has 1 atom stereocenters. The highest BCUT2D eigenvalue weighted by atomic mass is 16.5. The molecule has 1 N–H and O–H groups in total. The van der Waals surface area contributed by atoms with Gasteiger partial charge in [-0.15, -0.1) is 0 Å². The van der Waals surface area contributed by atoms with E-state index in [0.29, 0.717) is 0 Å². The van der Waals surface area contributed by atoms with Crippen molar-refractivity contribution < 1.29 is 9.15 Å². The highest BCUT2D eigenvalue weighted by molar-refractivity contribution is 5.73. The summed E-state index contributed by atoms with van der Waals surface area (Å²) in [5, 5.41) is 3.26. The van der Waals surface area contributed by atoms with Gasteiger partial charge in [-0.25, -0.2) is 4.98 Å². The molecular formula is C11H12N2O2. The van der Waals surface area contributed by atoms with Crippen LogP contribution in [-0.2, 0) is 0 Å². The summed E-state index contributed by atoms with van der Waals surface area (Å²) in [7, 11) is 0. The summed E-state index contributed by atoms with van der Waals surface area (Å²) in [4.78, 5) is 4.06. The second-order valence-corrected chi connectivity index (χ2v) is 3.71. The fourth-order valence-corrected chi connectivity index (χ4v) is 1.83. The molecule has 0 aliphatic carbocycles.